The molecular formula is C12H8BrN3O. The van der Waals surface area contributed by atoms with Crippen LogP contribution >= 0.6 is 15.9 Å². The topological polar surface area (TPSA) is 71.9 Å². The number of nitrogens with two attached hydrogens (primary N) is 1. The van der Waals surface area contributed by atoms with Crippen molar-refractivity contribution in [3.8, 4) is 17.7 Å². The van der Waals surface area contributed by atoms with Crippen LogP contribution in [0.1, 0.15) is 5.56 Å². The molecule has 0 aliphatic carbocycles. The normalized spacial score (nSPS) is 9.65. The Balaban J connectivity index is 2.35. The summed E-state index contributed by atoms with van der Waals surface area (Å²) >= 11 is 3.32. The van der Waals surface area contributed by atoms with E-state index >= 15 is 0 Å². The Morgan fingerprint density at radius 1 is 1.35 bits per heavy atom. The Morgan fingerprint density at radius 3 is 2.88 bits per heavy atom. The molecule has 0 fully saturated rings. The Hall–Kier alpha value is -2.06. The largest absolute Gasteiger partial charge is 0.438 e. The third-order valence-corrected chi connectivity index (χ3v) is 2.46. The van der Waals surface area contributed by atoms with Gasteiger partial charge in [0.05, 0.1) is 0 Å². The van der Waals surface area contributed by atoms with Crippen molar-refractivity contribution in [1.29, 1.82) is 5.26 Å². The zero-order valence-corrected chi connectivity index (χ0v) is 10.3. The SMILES string of the molecule is N#Cc1cccnc1Oc1cc(N)cc(Br)c1. The molecule has 2 rings (SSSR count). The third-order valence-electron chi connectivity index (χ3n) is 2.00. The van der Waals surface area contributed by atoms with Crippen LogP contribution in [-0.4, -0.2) is 4.98 Å². The first-order valence-electron chi connectivity index (χ1n) is 4.78. The van der Waals surface area contributed by atoms with E-state index in [-0.39, 0.29) is 5.88 Å². The van der Waals surface area contributed by atoms with Crippen molar-refractivity contribution < 1.29 is 4.74 Å². The van der Waals surface area contributed by atoms with Crippen molar-refractivity contribution in [1.82, 2.24) is 4.98 Å². The first-order valence-corrected chi connectivity index (χ1v) is 5.57. The van der Waals surface area contributed by atoms with Crippen molar-refractivity contribution in [2.24, 2.45) is 0 Å². The summed E-state index contributed by atoms with van der Waals surface area (Å²) in [6, 6.07) is 10.5. The number of hydrogen-bond donors (Lipinski definition) is 1. The van der Waals surface area contributed by atoms with Crippen LogP contribution in [-0.2, 0) is 0 Å². The lowest BCUT2D eigenvalue weighted by Gasteiger charge is -2.07. The molecule has 0 atom stereocenters. The Morgan fingerprint density at radius 2 is 2.18 bits per heavy atom. The van der Waals surface area contributed by atoms with Gasteiger partial charge in [0, 0.05) is 22.4 Å². The number of nitrogen functional groups attached to an aromatic ring is 1. The van der Waals surface area contributed by atoms with Crippen LogP contribution < -0.4 is 10.5 Å². The fourth-order valence-corrected chi connectivity index (χ4v) is 1.80. The summed E-state index contributed by atoms with van der Waals surface area (Å²) in [5.41, 5.74) is 6.64. The van der Waals surface area contributed by atoms with E-state index in [4.69, 9.17) is 15.7 Å². The molecule has 0 spiro atoms. The summed E-state index contributed by atoms with van der Waals surface area (Å²) in [5.74, 6) is 0.805. The lowest BCUT2D eigenvalue weighted by molar-refractivity contribution is 0.461. The van der Waals surface area contributed by atoms with Gasteiger partial charge >= 0.3 is 0 Å². The number of benzene rings is 1. The predicted octanol–water partition coefficient (Wildman–Crippen LogP) is 3.09. The number of nitriles is 1. The lowest BCUT2D eigenvalue weighted by atomic mass is 10.3. The highest BCUT2D eigenvalue weighted by Crippen LogP contribution is 2.27. The minimum absolute atomic E-state index is 0.271. The van der Waals surface area contributed by atoms with E-state index in [2.05, 4.69) is 20.9 Å². The van der Waals surface area contributed by atoms with E-state index in [1.165, 1.54) is 0 Å². The maximum Gasteiger partial charge on any atom is 0.237 e. The summed E-state index contributed by atoms with van der Waals surface area (Å²) in [5, 5.41) is 8.90. The molecule has 1 heterocycles. The molecule has 0 saturated heterocycles. The molecule has 0 radical (unpaired) electrons. The molecule has 0 aliphatic heterocycles. The van der Waals surface area contributed by atoms with Gasteiger partial charge in [0.25, 0.3) is 0 Å². The third kappa shape index (κ3) is 2.74. The van der Waals surface area contributed by atoms with Gasteiger partial charge in [0.2, 0.25) is 5.88 Å². The van der Waals surface area contributed by atoms with Gasteiger partial charge in [0.15, 0.2) is 0 Å². The van der Waals surface area contributed by atoms with Gasteiger partial charge in [-0.3, -0.25) is 0 Å². The van der Waals surface area contributed by atoms with Crippen LogP contribution in [0.3, 0.4) is 0 Å². The summed E-state index contributed by atoms with van der Waals surface area (Å²) < 4.78 is 6.33. The van der Waals surface area contributed by atoms with Crippen molar-refractivity contribution in [3.05, 3.63) is 46.6 Å². The molecular weight excluding hydrogens is 282 g/mol. The van der Waals surface area contributed by atoms with E-state index in [1.807, 2.05) is 6.07 Å². The highest BCUT2D eigenvalue weighted by atomic mass is 79.9. The van der Waals surface area contributed by atoms with Crippen LogP contribution in [0.2, 0.25) is 0 Å². The van der Waals surface area contributed by atoms with Gasteiger partial charge < -0.3 is 10.5 Å². The highest BCUT2D eigenvalue weighted by Gasteiger charge is 2.06. The summed E-state index contributed by atoms with van der Waals surface area (Å²) in [4.78, 5) is 4.00. The maximum atomic E-state index is 8.90. The molecule has 0 unspecified atom stereocenters. The molecule has 84 valence electrons. The van der Waals surface area contributed by atoms with Crippen LogP contribution in [0.15, 0.2) is 41.0 Å². The molecule has 1 aromatic heterocycles. The zero-order chi connectivity index (χ0) is 12.3. The minimum Gasteiger partial charge on any atom is -0.438 e. The van der Waals surface area contributed by atoms with E-state index in [0.29, 0.717) is 17.0 Å². The highest BCUT2D eigenvalue weighted by molar-refractivity contribution is 9.10. The monoisotopic (exact) mass is 289 g/mol. The average Bonchev–Trinajstić information content (AvgIpc) is 2.28. The van der Waals surface area contributed by atoms with Gasteiger partial charge in [-0.05, 0) is 24.3 Å². The number of pyridine rings is 1. The van der Waals surface area contributed by atoms with Gasteiger partial charge in [-0.25, -0.2) is 4.98 Å². The molecule has 0 bridgehead atoms. The second-order valence-electron chi connectivity index (χ2n) is 3.29. The van der Waals surface area contributed by atoms with Crippen molar-refractivity contribution in [2.45, 2.75) is 0 Å². The predicted molar refractivity (Wildman–Crippen MR) is 67.6 cm³/mol. The number of halogens is 1. The number of rotatable bonds is 2. The number of anilines is 1. The first kappa shape index (κ1) is 11.4. The van der Waals surface area contributed by atoms with Crippen molar-refractivity contribution >= 4 is 21.6 Å². The summed E-state index contributed by atoms with van der Waals surface area (Å²) in [6.07, 6.45) is 1.57. The zero-order valence-electron chi connectivity index (χ0n) is 8.72. The molecule has 1 aromatic carbocycles. The number of hydrogen-bond acceptors (Lipinski definition) is 4. The molecule has 0 saturated carbocycles. The Labute approximate surface area is 107 Å². The number of aromatic nitrogens is 1. The van der Waals surface area contributed by atoms with Crippen LogP contribution in [0, 0.1) is 11.3 Å². The second kappa shape index (κ2) is 4.85. The first-order chi connectivity index (χ1) is 8.19. The molecule has 4 nitrogen and oxygen atoms in total. The summed E-state index contributed by atoms with van der Waals surface area (Å²) in [6.45, 7) is 0. The Bertz CT molecular complexity index is 572. The molecule has 0 amide bonds. The van der Waals surface area contributed by atoms with Crippen LogP contribution in [0.5, 0.6) is 11.6 Å². The average molecular weight is 290 g/mol. The molecule has 2 N–H and O–H groups in total. The van der Waals surface area contributed by atoms with Gasteiger partial charge in [-0.15, -0.1) is 0 Å². The van der Waals surface area contributed by atoms with Gasteiger partial charge in [0.1, 0.15) is 17.4 Å². The standard InChI is InChI=1S/C12H8BrN3O/c13-9-4-10(15)6-11(5-9)17-12-8(7-14)2-1-3-16-12/h1-6H,15H2. The van der Waals surface area contributed by atoms with Crippen LogP contribution in [0.4, 0.5) is 5.69 Å². The second-order valence-corrected chi connectivity index (χ2v) is 4.21. The van der Waals surface area contributed by atoms with Gasteiger partial charge in [-0.1, -0.05) is 15.9 Å². The van der Waals surface area contributed by atoms with E-state index in [0.717, 1.165) is 4.47 Å². The van der Waals surface area contributed by atoms with Crippen molar-refractivity contribution in [2.75, 3.05) is 5.73 Å². The minimum atomic E-state index is 0.271. The number of nitrogens with zero attached hydrogens (tertiary/aromatic N) is 2. The molecule has 2 aromatic rings. The fourth-order valence-electron chi connectivity index (χ4n) is 1.31. The lowest BCUT2D eigenvalue weighted by Crippen LogP contribution is -1.92. The van der Waals surface area contributed by atoms with E-state index in [1.54, 1.807) is 36.5 Å². The smallest absolute Gasteiger partial charge is 0.237 e. The molecule has 5 heteroatoms. The van der Waals surface area contributed by atoms with Crippen molar-refractivity contribution in [3.63, 3.8) is 0 Å². The maximum absolute atomic E-state index is 8.90. The number of ether oxygens (including phenoxy) is 1. The quantitative estimate of drug-likeness (QED) is 0.863. The molecule has 0 aliphatic rings. The van der Waals surface area contributed by atoms with Gasteiger partial charge in [-0.2, -0.15) is 5.26 Å². The van der Waals surface area contributed by atoms with E-state index in [9.17, 15) is 0 Å². The summed E-state index contributed by atoms with van der Waals surface area (Å²) in [7, 11) is 0. The Kier molecular flexibility index (Phi) is 3.26. The fraction of sp³-hybridized carbons (Fsp3) is 0. The van der Waals surface area contributed by atoms with E-state index < -0.39 is 0 Å². The molecule has 17 heavy (non-hydrogen) atoms. The van der Waals surface area contributed by atoms with Crippen LogP contribution in [0.25, 0.3) is 0 Å².